The van der Waals surface area contributed by atoms with E-state index in [-0.39, 0.29) is 28.7 Å². The summed E-state index contributed by atoms with van der Waals surface area (Å²) in [5.74, 6) is 0.309. The van der Waals surface area contributed by atoms with Crippen molar-refractivity contribution >= 4 is 10.0 Å². The zero-order chi connectivity index (χ0) is 21.8. The van der Waals surface area contributed by atoms with Crippen molar-refractivity contribution in [3.8, 4) is 28.6 Å². The van der Waals surface area contributed by atoms with Crippen LogP contribution in [0.25, 0.3) is 22.8 Å². The first-order valence-corrected chi connectivity index (χ1v) is 10.8. The van der Waals surface area contributed by atoms with Gasteiger partial charge in [0.15, 0.2) is 0 Å². The fraction of sp³-hybridized carbons (Fsp3) is 0.0909. The Morgan fingerprint density at radius 2 is 1.81 bits per heavy atom. The Morgan fingerprint density at radius 3 is 2.61 bits per heavy atom. The Balaban J connectivity index is 1.64. The van der Waals surface area contributed by atoms with Crippen molar-refractivity contribution in [1.82, 2.24) is 14.9 Å². The zero-order valence-corrected chi connectivity index (χ0v) is 17.3. The number of ether oxygens (including phenoxy) is 1. The number of hydrogen-bond acceptors (Lipinski definition) is 6. The standard InChI is InChI=1S/C22H18FN3O4S/c1-29-19-11-4-2-7-16(19)14-24-31(27,28)20-12-5-3-10-18(20)22-25-21(26-30-22)15-8-6-9-17(23)13-15/h2-13,24H,14H2,1H3. The molecule has 0 saturated carbocycles. The maximum absolute atomic E-state index is 13.5. The number of benzene rings is 3. The van der Waals surface area contributed by atoms with Gasteiger partial charge in [-0.1, -0.05) is 47.6 Å². The van der Waals surface area contributed by atoms with E-state index >= 15 is 0 Å². The predicted molar refractivity (Wildman–Crippen MR) is 112 cm³/mol. The summed E-state index contributed by atoms with van der Waals surface area (Å²) >= 11 is 0. The highest BCUT2D eigenvalue weighted by molar-refractivity contribution is 7.89. The first-order valence-electron chi connectivity index (χ1n) is 9.28. The van der Waals surface area contributed by atoms with Crippen LogP contribution in [0.3, 0.4) is 0 Å². The number of sulfonamides is 1. The number of halogens is 1. The number of hydrogen-bond donors (Lipinski definition) is 1. The predicted octanol–water partition coefficient (Wildman–Crippen LogP) is 4.03. The molecule has 1 heterocycles. The number of para-hydroxylation sites is 1. The van der Waals surface area contributed by atoms with E-state index in [0.29, 0.717) is 16.9 Å². The molecular weight excluding hydrogens is 421 g/mol. The SMILES string of the molecule is COc1ccccc1CNS(=O)(=O)c1ccccc1-c1nc(-c2cccc(F)c2)no1. The van der Waals surface area contributed by atoms with E-state index in [1.807, 2.05) is 0 Å². The van der Waals surface area contributed by atoms with E-state index < -0.39 is 15.8 Å². The second kappa shape index (κ2) is 8.66. The highest BCUT2D eigenvalue weighted by Gasteiger charge is 2.23. The third kappa shape index (κ3) is 4.47. The van der Waals surface area contributed by atoms with E-state index in [1.165, 1.54) is 31.4 Å². The summed E-state index contributed by atoms with van der Waals surface area (Å²) in [5, 5.41) is 3.86. The van der Waals surface area contributed by atoms with Crippen molar-refractivity contribution in [2.45, 2.75) is 11.4 Å². The molecule has 3 aromatic carbocycles. The highest BCUT2D eigenvalue weighted by Crippen LogP contribution is 2.28. The highest BCUT2D eigenvalue weighted by atomic mass is 32.2. The van der Waals surface area contributed by atoms with E-state index in [2.05, 4.69) is 14.9 Å². The fourth-order valence-electron chi connectivity index (χ4n) is 3.05. The van der Waals surface area contributed by atoms with Crippen molar-refractivity contribution in [3.05, 3.63) is 84.2 Å². The number of aromatic nitrogens is 2. The van der Waals surface area contributed by atoms with Crippen LogP contribution in [-0.4, -0.2) is 25.7 Å². The lowest BCUT2D eigenvalue weighted by Crippen LogP contribution is -2.24. The van der Waals surface area contributed by atoms with Crippen molar-refractivity contribution < 1.29 is 22.1 Å². The summed E-state index contributed by atoms with van der Waals surface area (Å²) < 4.78 is 52.7. The topological polar surface area (TPSA) is 94.3 Å². The molecule has 0 atom stereocenters. The van der Waals surface area contributed by atoms with Crippen molar-refractivity contribution in [3.63, 3.8) is 0 Å². The van der Waals surface area contributed by atoms with Gasteiger partial charge in [-0.15, -0.1) is 0 Å². The molecule has 9 heteroatoms. The monoisotopic (exact) mass is 439 g/mol. The lowest BCUT2D eigenvalue weighted by Gasteiger charge is -2.11. The van der Waals surface area contributed by atoms with Gasteiger partial charge in [-0.25, -0.2) is 17.5 Å². The van der Waals surface area contributed by atoms with Crippen molar-refractivity contribution in [1.29, 1.82) is 0 Å². The molecule has 0 aliphatic rings. The molecule has 0 radical (unpaired) electrons. The molecule has 0 aliphatic heterocycles. The third-order valence-corrected chi connectivity index (χ3v) is 6.02. The molecule has 0 bridgehead atoms. The first-order chi connectivity index (χ1) is 15.0. The normalized spacial score (nSPS) is 11.4. The Hall–Kier alpha value is -3.56. The first kappa shape index (κ1) is 20.7. The summed E-state index contributed by atoms with van der Waals surface area (Å²) in [6, 6.07) is 19.2. The summed E-state index contributed by atoms with van der Waals surface area (Å²) in [6.45, 7) is 0.0407. The number of rotatable bonds is 7. The van der Waals surface area contributed by atoms with Gasteiger partial charge in [0, 0.05) is 17.7 Å². The molecule has 31 heavy (non-hydrogen) atoms. The second-order valence-electron chi connectivity index (χ2n) is 6.57. The molecular formula is C22H18FN3O4S. The zero-order valence-electron chi connectivity index (χ0n) is 16.4. The van der Waals surface area contributed by atoms with Crippen molar-refractivity contribution in [2.24, 2.45) is 0 Å². The average molecular weight is 439 g/mol. The van der Waals surface area contributed by atoms with Gasteiger partial charge in [-0.3, -0.25) is 0 Å². The second-order valence-corrected chi connectivity index (χ2v) is 8.30. The van der Waals surface area contributed by atoms with Gasteiger partial charge in [-0.2, -0.15) is 4.98 Å². The quantitative estimate of drug-likeness (QED) is 0.467. The number of nitrogens with zero attached hydrogens (tertiary/aromatic N) is 2. The molecule has 158 valence electrons. The molecule has 4 rings (SSSR count). The van der Waals surface area contributed by atoms with E-state index in [0.717, 1.165) is 0 Å². The van der Waals surface area contributed by atoms with Crippen LogP contribution in [0.4, 0.5) is 4.39 Å². The van der Waals surface area contributed by atoms with Crippen LogP contribution >= 0.6 is 0 Å². The van der Waals surface area contributed by atoms with E-state index in [1.54, 1.807) is 48.5 Å². The minimum Gasteiger partial charge on any atom is -0.496 e. The maximum Gasteiger partial charge on any atom is 0.259 e. The molecule has 0 aliphatic carbocycles. The Morgan fingerprint density at radius 1 is 1.03 bits per heavy atom. The molecule has 7 nitrogen and oxygen atoms in total. The minimum absolute atomic E-state index is 0.0116. The Kier molecular flexibility index (Phi) is 5.79. The van der Waals surface area contributed by atoms with Gasteiger partial charge >= 0.3 is 0 Å². The Bertz CT molecular complexity index is 1320. The smallest absolute Gasteiger partial charge is 0.259 e. The lowest BCUT2D eigenvalue weighted by molar-refractivity contribution is 0.409. The lowest BCUT2D eigenvalue weighted by atomic mass is 10.2. The van der Waals surface area contributed by atoms with E-state index in [9.17, 15) is 12.8 Å². The Labute approximate surface area is 178 Å². The third-order valence-electron chi connectivity index (χ3n) is 4.56. The van der Waals surface area contributed by atoms with Crippen LogP contribution in [0.5, 0.6) is 5.75 Å². The summed E-state index contributed by atoms with van der Waals surface area (Å²) in [7, 11) is -2.40. The van der Waals surface area contributed by atoms with E-state index in [4.69, 9.17) is 9.26 Å². The van der Waals surface area contributed by atoms with Gasteiger partial charge in [0.2, 0.25) is 15.8 Å². The molecule has 1 aromatic heterocycles. The molecule has 1 N–H and O–H groups in total. The van der Waals surface area contributed by atoms with Crippen molar-refractivity contribution in [2.75, 3.05) is 7.11 Å². The van der Waals surface area contributed by atoms with Crippen LogP contribution in [0.1, 0.15) is 5.56 Å². The molecule has 0 saturated heterocycles. The van der Waals surface area contributed by atoms with Crippen LogP contribution in [0.15, 0.2) is 82.2 Å². The van der Waals surface area contributed by atoms with Gasteiger partial charge in [-0.05, 0) is 30.3 Å². The number of nitrogens with one attached hydrogen (secondary N) is 1. The molecule has 0 amide bonds. The summed E-state index contributed by atoms with van der Waals surface area (Å²) in [6.07, 6.45) is 0. The maximum atomic E-state index is 13.5. The fourth-order valence-corrected chi connectivity index (χ4v) is 4.26. The largest absolute Gasteiger partial charge is 0.496 e. The minimum atomic E-state index is -3.92. The molecule has 4 aromatic rings. The molecule has 0 spiro atoms. The van der Waals surface area contributed by atoms with Gasteiger partial charge in [0.25, 0.3) is 5.89 Å². The van der Waals surface area contributed by atoms with Crippen LogP contribution in [0.2, 0.25) is 0 Å². The van der Waals surface area contributed by atoms with Crippen LogP contribution < -0.4 is 9.46 Å². The van der Waals surface area contributed by atoms with Gasteiger partial charge < -0.3 is 9.26 Å². The van der Waals surface area contributed by atoms with Crippen LogP contribution in [-0.2, 0) is 16.6 Å². The number of methoxy groups -OCH3 is 1. The molecule has 0 unspecified atom stereocenters. The van der Waals surface area contributed by atoms with Gasteiger partial charge in [0.1, 0.15) is 11.6 Å². The summed E-state index contributed by atoms with van der Waals surface area (Å²) in [4.78, 5) is 4.24. The van der Waals surface area contributed by atoms with Gasteiger partial charge in [0.05, 0.1) is 17.6 Å². The average Bonchev–Trinajstić information content (AvgIpc) is 3.28. The summed E-state index contributed by atoms with van der Waals surface area (Å²) in [5.41, 5.74) is 1.35. The van der Waals surface area contributed by atoms with Crippen LogP contribution in [0, 0.1) is 5.82 Å². The molecule has 0 fully saturated rings.